The fourth-order valence-electron chi connectivity index (χ4n) is 3.36. The van der Waals surface area contributed by atoms with Crippen LogP contribution in [-0.4, -0.2) is 28.8 Å². The highest BCUT2D eigenvalue weighted by Gasteiger charge is 2.46. The number of carbonyl (C=O) groups excluding carboxylic acids is 2. The van der Waals surface area contributed by atoms with E-state index in [1.165, 1.54) is 0 Å². The number of amides is 2. The summed E-state index contributed by atoms with van der Waals surface area (Å²) in [7, 11) is 0. The molecule has 1 N–H and O–H groups in total. The molecule has 1 aliphatic carbocycles. The van der Waals surface area contributed by atoms with E-state index in [9.17, 15) is 9.59 Å². The molecule has 1 heterocycles. The minimum Gasteiger partial charge on any atom is -0.340 e. The number of piperazine rings is 1. The molecule has 0 radical (unpaired) electrons. The van der Waals surface area contributed by atoms with Crippen LogP contribution < -0.4 is 5.32 Å². The number of hydrogen-bond acceptors (Lipinski definition) is 2. The Labute approximate surface area is 129 Å². The molecule has 4 nitrogen and oxygen atoms in total. The van der Waals surface area contributed by atoms with Crippen molar-refractivity contribution < 1.29 is 9.59 Å². The van der Waals surface area contributed by atoms with Crippen LogP contribution in [0.5, 0.6) is 0 Å². The van der Waals surface area contributed by atoms with Crippen molar-refractivity contribution in [2.75, 3.05) is 6.54 Å². The molecule has 0 atom stereocenters. The summed E-state index contributed by atoms with van der Waals surface area (Å²) in [5.74, 6) is -0.0229. The lowest BCUT2D eigenvalue weighted by molar-refractivity contribution is -0.152. The van der Waals surface area contributed by atoms with Crippen molar-refractivity contribution in [3.63, 3.8) is 0 Å². The smallest absolute Gasteiger partial charge is 0.249 e. The second kappa shape index (κ2) is 5.68. The number of halogens is 1. The van der Waals surface area contributed by atoms with Gasteiger partial charge in [0.25, 0.3) is 0 Å². The van der Waals surface area contributed by atoms with Gasteiger partial charge in [-0.3, -0.25) is 9.59 Å². The highest BCUT2D eigenvalue weighted by Crippen LogP contribution is 2.32. The molecule has 0 bridgehead atoms. The van der Waals surface area contributed by atoms with Gasteiger partial charge in [0.05, 0.1) is 6.54 Å². The van der Waals surface area contributed by atoms with E-state index in [2.05, 4.69) is 5.32 Å². The van der Waals surface area contributed by atoms with Crippen LogP contribution in [0.15, 0.2) is 24.3 Å². The van der Waals surface area contributed by atoms with Crippen LogP contribution in [0.4, 0.5) is 0 Å². The standard InChI is InChI=1S/C16H19ClN2O2/c17-13-7-3-2-6-12(13)10-19-11-14(20)18-16(15(19)21)8-4-1-5-9-16/h2-3,6-7H,1,4-5,8-11H2,(H,18,20). The van der Waals surface area contributed by atoms with Gasteiger partial charge in [-0.1, -0.05) is 49.1 Å². The minimum absolute atomic E-state index is 0.0433. The first-order valence-electron chi connectivity index (χ1n) is 7.44. The Kier molecular flexibility index (Phi) is 3.89. The highest BCUT2D eigenvalue weighted by atomic mass is 35.5. The Balaban J connectivity index is 1.83. The van der Waals surface area contributed by atoms with Gasteiger partial charge >= 0.3 is 0 Å². The number of hydrogen-bond donors (Lipinski definition) is 1. The Hall–Kier alpha value is -1.55. The van der Waals surface area contributed by atoms with Crippen molar-refractivity contribution >= 4 is 23.4 Å². The average molecular weight is 307 g/mol. The maximum atomic E-state index is 12.8. The van der Waals surface area contributed by atoms with Crippen LogP contribution in [0.25, 0.3) is 0 Å². The van der Waals surface area contributed by atoms with E-state index >= 15 is 0 Å². The third-order valence-electron chi connectivity index (χ3n) is 4.44. The first-order chi connectivity index (χ1) is 10.1. The molecule has 2 aliphatic rings. The van der Waals surface area contributed by atoms with E-state index in [-0.39, 0.29) is 18.4 Å². The Bertz CT molecular complexity index is 567. The minimum atomic E-state index is -0.672. The van der Waals surface area contributed by atoms with Crippen molar-refractivity contribution in [3.8, 4) is 0 Å². The van der Waals surface area contributed by atoms with Gasteiger partial charge in [-0.15, -0.1) is 0 Å². The molecule has 0 aromatic heterocycles. The van der Waals surface area contributed by atoms with Crippen LogP contribution in [0.1, 0.15) is 37.7 Å². The summed E-state index contributed by atoms with van der Waals surface area (Å²) < 4.78 is 0. The third-order valence-corrected chi connectivity index (χ3v) is 4.80. The Morgan fingerprint density at radius 3 is 2.57 bits per heavy atom. The van der Waals surface area contributed by atoms with E-state index in [1.807, 2.05) is 24.3 Å². The molecule has 1 aromatic carbocycles. The molecule has 1 aliphatic heterocycles. The second-order valence-corrected chi connectivity index (χ2v) is 6.35. The summed E-state index contributed by atoms with van der Waals surface area (Å²) in [6.07, 6.45) is 4.61. The number of nitrogens with one attached hydrogen (secondary N) is 1. The molecule has 1 saturated heterocycles. The highest BCUT2D eigenvalue weighted by molar-refractivity contribution is 6.31. The van der Waals surface area contributed by atoms with Gasteiger partial charge in [-0.05, 0) is 24.5 Å². The summed E-state index contributed by atoms with van der Waals surface area (Å²) >= 11 is 6.17. The van der Waals surface area contributed by atoms with Crippen molar-refractivity contribution in [3.05, 3.63) is 34.9 Å². The van der Waals surface area contributed by atoms with Crippen LogP contribution >= 0.6 is 11.6 Å². The molecule has 112 valence electrons. The largest absolute Gasteiger partial charge is 0.340 e. The fourth-order valence-corrected chi connectivity index (χ4v) is 3.56. The van der Waals surface area contributed by atoms with E-state index in [0.29, 0.717) is 11.6 Å². The SMILES string of the molecule is O=C1CN(Cc2ccccc2Cl)C(=O)C2(CCCCC2)N1. The van der Waals surface area contributed by atoms with Crippen molar-refractivity contribution in [2.24, 2.45) is 0 Å². The molecular weight excluding hydrogens is 288 g/mol. The lowest BCUT2D eigenvalue weighted by atomic mass is 9.79. The molecule has 0 unspecified atom stereocenters. The van der Waals surface area contributed by atoms with Crippen LogP contribution in [-0.2, 0) is 16.1 Å². The maximum Gasteiger partial charge on any atom is 0.249 e. The fraction of sp³-hybridized carbons (Fsp3) is 0.500. The Morgan fingerprint density at radius 2 is 1.86 bits per heavy atom. The maximum absolute atomic E-state index is 12.8. The van der Waals surface area contributed by atoms with Crippen molar-refractivity contribution in [2.45, 2.75) is 44.2 Å². The normalized spacial score (nSPS) is 21.5. The number of rotatable bonds is 2. The molecule has 3 rings (SSSR count). The topological polar surface area (TPSA) is 49.4 Å². The monoisotopic (exact) mass is 306 g/mol. The molecule has 2 amide bonds. The van der Waals surface area contributed by atoms with Gasteiger partial charge in [0.15, 0.2) is 0 Å². The average Bonchev–Trinajstić information content (AvgIpc) is 2.47. The first kappa shape index (κ1) is 14.4. The predicted octanol–water partition coefficient (Wildman–Crippen LogP) is 2.50. The molecule has 21 heavy (non-hydrogen) atoms. The Morgan fingerprint density at radius 1 is 1.14 bits per heavy atom. The van der Waals surface area contributed by atoms with Crippen LogP contribution in [0.3, 0.4) is 0 Å². The number of carbonyl (C=O) groups is 2. The molecule has 5 heteroatoms. The van der Waals surface area contributed by atoms with Gasteiger partial charge in [-0.25, -0.2) is 0 Å². The van der Waals surface area contributed by atoms with Gasteiger partial charge in [0.1, 0.15) is 5.54 Å². The summed E-state index contributed by atoms with van der Waals surface area (Å²) in [6.45, 7) is 0.513. The van der Waals surface area contributed by atoms with Gasteiger partial charge in [-0.2, -0.15) is 0 Å². The molecule has 1 spiro atoms. The van der Waals surface area contributed by atoms with Gasteiger partial charge in [0, 0.05) is 11.6 Å². The number of nitrogens with zero attached hydrogens (tertiary/aromatic N) is 1. The van der Waals surface area contributed by atoms with E-state index in [0.717, 1.165) is 37.7 Å². The predicted molar refractivity (Wildman–Crippen MR) is 80.8 cm³/mol. The third kappa shape index (κ3) is 2.77. The lowest BCUT2D eigenvalue weighted by Crippen LogP contribution is -2.66. The summed E-state index contributed by atoms with van der Waals surface area (Å²) in [5.41, 5.74) is 0.211. The molecular formula is C16H19ClN2O2. The molecule has 2 fully saturated rings. The lowest BCUT2D eigenvalue weighted by Gasteiger charge is -2.44. The van der Waals surface area contributed by atoms with Crippen molar-refractivity contribution in [1.82, 2.24) is 10.2 Å². The van der Waals surface area contributed by atoms with Crippen LogP contribution in [0.2, 0.25) is 5.02 Å². The zero-order valence-electron chi connectivity index (χ0n) is 11.9. The quantitative estimate of drug-likeness (QED) is 0.912. The second-order valence-electron chi connectivity index (χ2n) is 5.94. The van der Waals surface area contributed by atoms with E-state index < -0.39 is 5.54 Å². The zero-order chi connectivity index (χ0) is 14.9. The van der Waals surface area contributed by atoms with Gasteiger partial charge < -0.3 is 10.2 Å². The van der Waals surface area contributed by atoms with Crippen molar-refractivity contribution in [1.29, 1.82) is 0 Å². The van der Waals surface area contributed by atoms with E-state index in [1.54, 1.807) is 4.90 Å². The molecule has 1 saturated carbocycles. The summed E-state index contributed by atoms with van der Waals surface area (Å²) in [6, 6.07) is 7.46. The summed E-state index contributed by atoms with van der Waals surface area (Å²) in [4.78, 5) is 26.5. The van der Waals surface area contributed by atoms with E-state index in [4.69, 9.17) is 11.6 Å². The summed E-state index contributed by atoms with van der Waals surface area (Å²) in [5, 5.41) is 3.58. The van der Waals surface area contributed by atoms with Gasteiger partial charge in [0.2, 0.25) is 11.8 Å². The van der Waals surface area contributed by atoms with Crippen LogP contribution in [0, 0.1) is 0 Å². The number of benzene rings is 1. The molecule has 1 aromatic rings. The zero-order valence-corrected chi connectivity index (χ0v) is 12.7. The first-order valence-corrected chi connectivity index (χ1v) is 7.82.